The van der Waals surface area contributed by atoms with Crippen LogP contribution in [-0.2, 0) is 14.9 Å². The van der Waals surface area contributed by atoms with E-state index in [-0.39, 0.29) is 0 Å². The molecule has 0 heterocycles. The Bertz CT molecular complexity index is 507. The van der Waals surface area contributed by atoms with Crippen LogP contribution in [-0.4, -0.2) is 27.1 Å². The first kappa shape index (κ1) is 13.9. The third kappa shape index (κ3) is 2.09. The van der Waals surface area contributed by atoms with Crippen LogP contribution in [0.4, 0.5) is 0 Å². The number of rotatable bonds is 4. The molecular weight excluding hydrogens is 242 g/mol. The normalized spacial score (nSPS) is 19.3. The van der Waals surface area contributed by atoms with Crippen molar-refractivity contribution >= 4 is 0 Å². The SMILES string of the molecule is COc1ccc(C)cc1C1(C#N)CC(OC)(OC)C1. The molecule has 102 valence electrons. The Hall–Kier alpha value is -1.57. The first-order valence-corrected chi connectivity index (χ1v) is 6.21. The van der Waals surface area contributed by atoms with Gasteiger partial charge in [-0.05, 0) is 13.0 Å². The summed E-state index contributed by atoms with van der Waals surface area (Å²) >= 11 is 0. The van der Waals surface area contributed by atoms with Crippen LogP contribution in [0.25, 0.3) is 0 Å². The molecule has 19 heavy (non-hydrogen) atoms. The minimum atomic E-state index is -0.648. The molecule has 0 amide bonds. The van der Waals surface area contributed by atoms with Gasteiger partial charge in [0.05, 0.1) is 18.6 Å². The molecule has 1 saturated carbocycles. The summed E-state index contributed by atoms with van der Waals surface area (Å²) in [5.74, 6) is 0.0952. The highest BCUT2D eigenvalue weighted by molar-refractivity contribution is 5.48. The molecule has 0 atom stereocenters. The van der Waals surface area contributed by atoms with Gasteiger partial charge in [0.25, 0.3) is 0 Å². The molecule has 0 bridgehead atoms. The first-order valence-electron chi connectivity index (χ1n) is 6.21. The van der Waals surface area contributed by atoms with Crippen molar-refractivity contribution in [3.63, 3.8) is 0 Å². The molecular formula is C15H19NO3. The van der Waals surface area contributed by atoms with Crippen molar-refractivity contribution in [1.29, 1.82) is 5.26 Å². The van der Waals surface area contributed by atoms with E-state index < -0.39 is 11.2 Å². The molecule has 0 spiro atoms. The van der Waals surface area contributed by atoms with E-state index in [0.717, 1.165) is 16.9 Å². The standard InChI is InChI=1S/C15H19NO3/c1-11-5-6-13(17-2)12(7-11)14(10-16)8-15(9-14,18-3)19-4/h5-7H,8-9H2,1-4H3. The van der Waals surface area contributed by atoms with Crippen LogP contribution in [0, 0.1) is 18.3 Å². The van der Waals surface area contributed by atoms with Gasteiger partial charge in [0.1, 0.15) is 5.75 Å². The summed E-state index contributed by atoms with van der Waals surface area (Å²) in [6.45, 7) is 2.01. The monoisotopic (exact) mass is 261 g/mol. The number of methoxy groups -OCH3 is 3. The zero-order valence-electron chi connectivity index (χ0n) is 11.8. The number of benzene rings is 1. The van der Waals surface area contributed by atoms with Crippen molar-refractivity contribution in [1.82, 2.24) is 0 Å². The maximum Gasteiger partial charge on any atom is 0.171 e. The van der Waals surface area contributed by atoms with E-state index >= 15 is 0 Å². The number of aryl methyl sites for hydroxylation is 1. The zero-order chi connectivity index (χ0) is 14.1. The fraction of sp³-hybridized carbons (Fsp3) is 0.533. The largest absolute Gasteiger partial charge is 0.496 e. The van der Waals surface area contributed by atoms with Crippen LogP contribution in [0.5, 0.6) is 5.75 Å². The van der Waals surface area contributed by atoms with Crippen LogP contribution in [0.1, 0.15) is 24.0 Å². The second-order valence-electron chi connectivity index (χ2n) is 5.07. The maximum absolute atomic E-state index is 9.61. The van der Waals surface area contributed by atoms with Crippen LogP contribution >= 0.6 is 0 Å². The summed E-state index contributed by atoms with van der Waals surface area (Å²) in [4.78, 5) is 0. The van der Waals surface area contributed by atoms with Crippen molar-refractivity contribution in [2.75, 3.05) is 21.3 Å². The maximum atomic E-state index is 9.61. The average molecular weight is 261 g/mol. The quantitative estimate of drug-likeness (QED) is 0.782. The highest BCUT2D eigenvalue weighted by Crippen LogP contribution is 2.54. The summed E-state index contributed by atoms with van der Waals surface area (Å²) < 4.78 is 16.2. The molecule has 1 aromatic rings. The summed E-state index contributed by atoms with van der Waals surface area (Å²) in [5.41, 5.74) is 1.43. The van der Waals surface area contributed by atoms with E-state index in [2.05, 4.69) is 6.07 Å². The van der Waals surface area contributed by atoms with Gasteiger partial charge in [0.15, 0.2) is 5.79 Å². The fourth-order valence-electron chi connectivity index (χ4n) is 2.77. The van der Waals surface area contributed by atoms with Crippen molar-refractivity contribution in [2.45, 2.75) is 31.0 Å². The lowest BCUT2D eigenvalue weighted by Gasteiger charge is -2.50. The van der Waals surface area contributed by atoms with Gasteiger partial charge in [0, 0.05) is 32.6 Å². The molecule has 0 N–H and O–H groups in total. The average Bonchev–Trinajstić information content (AvgIpc) is 2.40. The van der Waals surface area contributed by atoms with E-state index in [9.17, 15) is 5.26 Å². The zero-order valence-corrected chi connectivity index (χ0v) is 11.8. The molecule has 4 nitrogen and oxygen atoms in total. The van der Waals surface area contributed by atoms with Gasteiger partial charge in [0.2, 0.25) is 0 Å². The molecule has 0 aromatic heterocycles. The van der Waals surface area contributed by atoms with E-state index in [0.29, 0.717) is 12.8 Å². The Labute approximate surface area is 113 Å². The van der Waals surface area contributed by atoms with E-state index in [4.69, 9.17) is 14.2 Å². The highest BCUT2D eigenvalue weighted by atomic mass is 16.7. The van der Waals surface area contributed by atoms with Crippen LogP contribution in [0.3, 0.4) is 0 Å². The van der Waals surface area contributed by atoms with Gasteiger partial charge in [-0.1, -0.05) is 17.7 Å². The minimum Gasteiger partial charge on any atom is -0.496 e. The van der Waals surface area contributed by atoms with E-state index in [1.165, 1.54) is 0 Å². The first-order chi connectivity index (χ1) is 9.04. The Kier molecular flexibility index (Phi) is 3.53. The number of ether oxygens (including phenoxy) is 3. The Morgan fingerprint density at radius 2 is 1.79 bits per heavy atom. The van der Waals surface area contributed by atoms with Crippen molar-refractivity contribution in [3.8, 4) is 11.8 Å². The van der Waals surface area contributed by atoms with Crippen LogP contribution < -0.4 is 4.74 Å². The smallest absolute Gasteiger partial charge is 0.171 e. The topological polar surface area (TPSA) is 51.5 Å². The second kappa shape index (κ2) is 4.84. The minimum absolute atomic E-state index is 0.517. The molecule has 0 aliphatic heterocycles. The molecule has 0 saturated heterocycles. The van der Waals surface area contributed by atoms with Gasteiger partial charge in [-0.15, -0.1) is 0 Å². The summed E-state index contributed by atoms with van der Waals surface area (Å²) in [6.07, 6.45) is 1.03. The number of hydrogen-bond donors (Lipinski definition) is 0. The predicted octanol–water partition coefficient (Wildman–Crippen LogP) is 2.55. The highest BCUT2D eigenvalue weighted by Gasteiger charge is 2.58. The molecule has 1 aliphatic rings. The molecule has 2 rings (SSSR count). The van der Waals surface area contributed by atoms with E-state index in [1.54, 1.807) is 21.3 Å². The van der Waals surface area contributed by atoms with E-state index in [1.807, 2.05) is 25.1 Å². The van der Waals surface area contributed by atoms with Crippen molar-refractivity contribution < 1.29 is 14.2 Å². The molecule has 1 aromatic carbocycles. The van der Waals surface area contributed by atoms with Gasteiger partial charge in [-0.3, -0.25) is 0 Å². The van der Waals surface area contributed by atoms with Gasteiger partial charge >= 0.3 is 0 Å². The molecule has 0 unspecified atom stereocenters. The molecule has 1 aliphatic carbocycles. The van der Waals surface area contributed by atoms with Crippen molar-refractivity contribution in [3.05, 3.63) is 29.3 Å². The van der Waals surface area contributed by atoms with Crippen LogP contribution in [0.2, 0.25) is 0 Å². The molecule has 4 heteroatoms. The van der Waals surface area contributed by atoms with Gasteiger partial charge < -0.3 is 14.2 Å². The lowest BCUT2D eigenvalue weighted by molar-refractivity contribution is -0.269. The Morgan fingerprint density at radius 1 is 1.16 bits per heavy atom. The van der Waals surface area contributed by atoms with Gasteiger partial charge in [-0.2, -0.15) is 5.26 Å². The van der Waals surface area contributed by atoms with Crippen LogP contribution in [0.15, 0.2) is 18.2 Å². The fourth-order valence-corrected chi connectivity index (χ4v) is 2.77. The van der Waals surface area contributed by atoms with Crippen molar-refractivity contribution in [2.24, 2.45) is 0 Å². The lowest BCUT2D eigenvalue weighted by Crippen LogP contribution is -2.56. The lowest BCUT2D eigenvalue weighted by atomic mass is 9.61. The summed E-state index contributed by atoms with van der Waals surface area (Å²) in [7, 11) is 4.84. The van der Waals surface area contributed by atoms with Gasteiger partial charge in [-0.25, -0.2) is 0 Å². The summed E-state index contributed by atoms with van der Waals surface area (Å²) in [6, 6.07) is 8.31. The third-order valence-corrected chi connectivity index (χ3v) is 3.97. The molecule has 1 fully saturated rings. The number of nitrogens with zero attached hydrogens (tertiary/aromatic N) is 1. The molecule has 0 radical (unpaired) electrons. The predicted molar refractivity (Wildman–Crippen MR) is 71.0 cm³/mol. The number of hydrogen-bond acceptors (Lipinski definition) is 4. The summed E-state index contributed by atoms with van der Waals surface area (Å²) in [5, 5.41) is 9.61. The second-order valence-corrected chi connectivity index (χ2v) is 5.07. The number of nitriles is 1. The Balaban J connectivity index is 2.41. The Morgan fingerprint density at radius 3 is 2.26 bits per heavy atom. The third-order valence-electron chi connectivity index (χ3n) is 3.97.